The molecule has 0 radical (unpaired) electrons. The lowest BCUT2D eigenvalue weighted by Crippen LogP contribution is -2.33. The Balaban J connectivity index is 1.64. The van der Waals surface area contributed by atoms with Gasteiger partial charge in [0.05, 0.1) is 6.54 Å². The fourth-order valence-electron chi connectivity index (χ4n) is 3.42. The molecule has 1 saturated carbocycles. The Labute approximate surface area is 119 Å². The summed E-state index contributed by atoms with van der Waals surface area (Å²) in [5, 5.41) is 2.82. The maximum atomic E-state index is 12.2. The number of carbonyl (C=O) groups is 2. The third-order valence-corrected chi connectivity index (χ3v) is 4.71. The number of rotatable bonds is 4. The molecule has 1 aromatic carbocycles. The lowest BCUT2D eigenvalue weighted by molar-refractivity contribution is -0.127. The molecule has 20 heavy (non-hydrogen) atoms. The predicted octanol–water partition coefficient (Wildman–Crippen LogP) is 2.30. The van der Waals surface area contributed by atoms with Crippen molar-refractivity contribution >= 4 is 11.7 Å². The molecule has 1 aromatic rings. The van der Waals surface area contributed by atoms with Crippen LogP contribution in [0.1, 0.15) is 37.3 Å². The van der Waals surface area contributed by atoms with Crippen molar-refractivity contribution in [1.29, 1.82) is 0 Å². The van der Waals surface area contributed by atoms with Crippen LogP contribution in [0.2, 0.25) is 0 Å². The molecular formula is C17H21NO2. The van der Waals surface area contributed by atoms with E-state index in [4.69, 9.17) is 0 Å². The maximum absolute atomic E-state index is 12.2. The Hall–Kier alpha value is -1.64. The van der Waals surface area contributed by atoms with Crippen LogP contribution in [0.15, 0.2) is 24.3 Å². The summed E-state index contributed by atoms with van der Waals surface area (Å²) in [7, 11) is 0. The highest BCUT2D eigenvalue weighted by Crippen LogP contribution is 2.59. The second-order valence-corrected chi connectivity index (χ2v) is 6.29. The second-order valence-electron chi connectivity index (χ2n) is 6.29. The predicted molar refractivity (Wildman–Crippen MR) is 77.3 cm³/mol. The molecule has 0 heterocycles. The summed E-state index contributed by atoms with van der Waals surface area (Å²) in [6, 6.07) is 8.44. The second kappa shape index (κ2) is 5.04. The molecule has 0 aliphatic heterocycles. The number of aryl methyl sites for hydroxylation is 1. The van der Waals surface area contributed by atoms with Crippen molar-refractivity contribution in [3.8, 4) is 0 Å². The lowest BCUT2D eigenvalue weighted by Gasteiger charge is -2.13. The number of benzene rings is 1. The molecule has 3 rings (SSSR count). The number of fused-ring (bicyclic) bond motifs is 3. The highest BCUT2D eigenvalue weighted by Gasteiger charge is 2.56. The molecule has 1 amide bonds. The van der Waals surface area contributed by atoms with Crippen LogP contribution in [0.4, 0.5) is 0 Å². The lowest BCUT2D eigenvalue weighted by atomic mass is 9.92. The fourth-order valence-corrected chi connectivity index (χ4v) is 3.42. The Morgan fingerprint density at radius 1 is 1.30 bits per heavy atom. The Morgan fingerprint density at radius 3 is 2.80 bits per heavy atom. The number of hydrogen-bond donors (Lipinski definition) is 1. The van der Waals surface area contributed by atoms with Crippen LogP contribution in [0, 0.1) is 17.8 Å². The summed E-state index contributed by atoms with van der Waals surface area (Å²) in [5.41, 5.74) is 2.74. The Bertz CT molecular complexity index is 550. The summed E-state index contributed by atoms with van der Waals surface area (Å²) < 4.78 is 0. The zero-order valence-corrected chi connectivity index (χ0v) is 12.1. The van der Waals surface area contributed by atoms with Gasteiger partial charge < -0.3 is 5.32 Å². The van der Waals surface area contributed by atoms with Gasteiger partial charge in [0.2, 0.25) is 5.91 Å². The highest BCUT2D eigenvalue weighted by molar-refractivity contribution is 5.90. The minimum absolute atomic E-state index is 0.0162. The molecule has 3 unspecified atom stereocenters. The zero-order chi connectivity index (χ0) is 14.3. The van der Waals surface area contributed by atoms with Crippen molar-refractivity contribution in [2.75, 3.05) is 6.54 Å². The van der Waals surface area contributed by atoms with E-state index in [9.17, 15) is 9.59 Å². The van der Waals surface area contributed by atoms with E-state index in [0.29, 0.717) is 11.8 Å². The minimum atomic E-state index is -0.0162. The average Bonchev–Trinajstić information content (AvgIpc) is 3.19. The molecule has 2 aliphatic carbocycles. The quantitative estimate of drug-likeness (QED) is 0.913. The van der Waals surface area contributed by atoms with Crippen molar-refractivity contribution in [2.24, 2.45) is 17.8 Å². The first-order valence-electron chi connectivity index (χ1n) is 7.48. The number of Topliss-reactive ketones (excluding diaryl/α,β-unsaturated/α-hetero) is 1. The van der Waals surface area contributed by atoms with Crippen LogP contribution in [0.25, 0.3) is 0 Å². The monoisotopic (exact) mass is 271 g/mol. The van der Waals surface area contributed by atoms with Crippen LogP contribution in [-0.4, -0.2) is 18.2 Å². The van der Waals surface area contributed by atoms with E-state index in [2.05, 4.69) is 29.6 Å². The van der Waals surface area contributed by atoms with Crippen molar-refractivity contribution < 1.29 is 9.59 Å². The van der Waals surface area contributed by atoms with E-state index in [0.717, 1.165) is 12.8 Å². The number of nitrogens with one attached hydrogen (secondary N) is 1. The molecule has 3 nitrogen and oxygen atoms in total. The standard InChI is InChI=1S/C17H21NO2/c1-10(2)14(19)9-18-17(20)16-13-8-7-11-5-3-4-6-12(11)15(13)16/h3-6,10,13,15-16H,7-9H2,1-2H3,(H,18,20). The summed E-state index contributed by atoms with van der Waals surface area (Å²) in [6.45, 7) is 3.90. The van der Waals surface area contributed by atoms with E-state index in [-0.39, 0.29) is 30.1 Å². The maximum Gasteiger partial charge on any atom is 0.224 e. The number of hydrogen-bond acceptors (Lipinski definition) is 2. The van der Waals surface area contributed by atoms with Gasteiger partial charge in [0, 0.05) is 11.8 Å². The number of ketones is 1. The van der Waals surface area contributed by atoms with Crippen LogP contribution in [-0.2, 0) is 16.0 Å². The smallest absolute Gasteiger partial charge is 0.224 e. The fraction of sp³-hybridized carbons (Fsp3) is 0.529. The SMILES string of the molecule is CC(C)C(=O)CNC(=O)C1C2CCc3ccccc3C21. The van der Waals surface area contributed by atoms with Crippen LogP contribution in [0.5, 0.6) is 0 Å². The first kappa shape index (κ1) is 13.3. The largest absolute Gasteiger partial charge is 0.349 e. The Morgan fingerprint density at radius 2 is 2.05 bits per heavy atom. The van der Waals surface area contributed by atoms with Crippen molar-refractivity contribution in [3.05, 3.63) is 35.4 Å². The molecule has 0 saturated heterocycles. The van der Waals surface area contributed by atoms with Gasteiger partial charge in [0.15, 0.2) is 5.78 Å². The summed E-state index contributed by atoms with van der Waals surface area (Å²) >= 11 is 0. The van der Waals surface area contributed by atoms with Gasteiger partial charge in [-0.25, -0.2) is 0 Å². The van der Waals surface area contributed by atoms with Crippen LogP contribution >= 0.6 is 0 Å². The Kier molecular flexibility index (Phi) is 3.36. The van der Waals surface area contributed by atoms with E-state index in [1.54, 1.807) is 0 Å². The highest BCUT2D eigenvalue weighted by atomic mass is 16.2. The number of carbonyl (C=O) groups excluding carboxylic acids is 2. The summed E-state index contributed by atoms with van der Waals surface area (Å²) in [5.74, 6) is 1.09. The van der Waals surface area contributed by atoms with Gasteiger partial charge >= 0.3 is 0 Å². The average molecular weight is 271 g/mol. The van der Waals surface area contributed by atoms with Gasteiger partial charge in [-0.3, -0.25) is 9.59 Å². The molecular weight excluding hydrogens is 250 g/mol. The molecule has 0 spiro atoms. The molecule has 3 atom stereocenters. The van der Waals surface area contributed by atoms with Gasteiger partial charge in [-0.05, 0) is 35.8 Å². The van der Waals surface area contributed by atoms with E-state index in [1.165, 1.54) is 11.1 Å². The molecule has 1 fully saturated rings. The topological polar surface area (TPSA) is 46.2 Å². The molecule has 3 heteroatoms. The molecule has 0 bridgehead atoms. The van der Waals surface area contributed by atoms with Gasteiger partial charge in [-0.1, -0.05) is 38.1 Å². The molecule has 2 aliphatic rings. The van der Waals surface area contributed by atoms with Gasteiger partial charge in [0.25, 0.3) is 0 Å². The van der Waals surface area contributed by atoms with E-state index in [1.807, 2.05) is 13.8 Å². The first-order valence-corrected chi connectivity index (χ1v) is 7.48. The molecule has 106 valence electrons. The zero-order valence-electron chi connectivity index (χ0n) is 12.1. The molecule has 1 N–H and O–H groups in total. The van der Waals surface area contributed by atoms with Crippen molar-refractivity contribution in [1.82, 2.24) is 5.32 Å². The normalized spacial score (nSPS) is 26.6. The van der Waals surface area contributed by atoms with Gasteiger partial charge in [0.1, 0.15) is 0 Å². The number of amides is 1. The third kappa shape index (κ3) is 2.26. The van der Waals surface area contributed by atoms with Crippen LogP contribution in [0.3, 0.4) is 0 Å². The minimum Gasteiger partial charge on any atom is -0.349 e. The van der Waals surface area contributed by atoms with Crippen molar-refractivity contribution in [2.45, 2.75) is 32.6 Å². The van der Waals surface area contributed by atoms with Crippen LogP contribution < -0.4 is 5.32 Å². The van der Waals surface area contributed by atoms with Crippen molar-refractivity contribution in [3.63, 3.8) is 0 Å². The van der Waals surface area contributed by atoms with Gasteiger partial charge in [-0.2, -0.15) is 0 Å². The van der Waals surface area contributed by atoms with Gasteiger partial charge in [-0.15, -0.1) is 0 Å². The van der Waals surface area contributed by atoms with E-state index < -0.39 is 0 Å². The first-order chi connectivity index (χ1) is 9.59. The van der Waals surface area contributed by atoms with E-state index >= 15 is 0 Å². The summed E-state index contributed by atoms with van der Waals surface area (Å²) in [4.78, 5) is 23.8. The molecule has 0 aromatic heterocycles. The summed E-state index contributed by atoms with van der Waals surface area (Å²) in [6.07, 6.45) is 2.17. The third-order valence-electron chi connectivity index (χ3n) is 4.71.